The number of carbonyl (C=O) groups is 1. The zero-order chi connectivity index (χ0) is 29.2. The number of aromatic nitrogens is 4. The Hall–Kier alpha value is -3.70. The van der Waals surface area contributed by atoms with Crippen LogP contribution in [0, 0.1) is 12.7 Å². The molecule has 1 atom stereocenters. The van der Waals surface area contributed by atoms with Crippen LogP contribution in [0.5, 0.6) is 5.75 Å². The summed E-state index contributed by atoms with van der Waals surface area (Å²) >= 11 is 6.31. The van der Waals surface area contributed by atoms with Crippen LogP contribution >= 0.6 is 11.6 Å². The lowest BCUT2D eigenvalue weighted by Crippen LogP contribution is -2.31. The molecular formula is C25H23ClF3N5O3. The third-order valence-corrected chi connectivity index (χ3v) is 5.74. The van der Waals surface area contributed by atoms with Crippen LogP contribution in [0.2, 0.25) is 5.02 Å². The summed E-state index contributed by atoms with van der Waals surface area (Å²) in [6.07, 6.45) is 1.43. The van der Waals surface area contributed by atoms with Gasteiger partial charge >= 0.3 is 6.61 Å². The van der Waals surface area contributed by atoms with Gasteiger partial charge in [-0.15, -0.1) is 0 Å². The molecule has 37 heavy (non-hydrogen) atoms. The maximum atomic E-state index is 14.4. The molecule has 0 aliphatic rings. The van der Waals surface area contributed by atoms with Gasteiger partial charge in [0.15, 0.2) is 5.82 Å². The molecular weight excluding hydrogens is 511 g/mol. The van der Waals surface area contributed by atoms with E-state index in [4.69, 9.17) is 20.5 Å². The van der Waals surface area contributed by atoms with Crippen molar-refractivity contribution in [3.05, 3.63) is 70.4 Å². The van der Waals surface area contributed by atoms with Crippen LogP contribution in [-0.2, 0) is 23.2 Å². The molecule has 0 bridgehead atoms. The minimum Gasteiger partial charge on any atom is -0.487 e. The number of hydrogen-bond acceptors (Lipinski definition) is 6. The lowest BCUT2D eigenvalue weighted by Gasteiger charge is -2.20. The molecule has 0 unspecified atom stereocenters. The number of benzene rings is 2. The number of pyridine rings is 1. The highest BCUT2D eigenvalue weighted by molar-refractivity contribution is 6.31. The van der Waals surface area contributed by atoms with E-state index in [0.29, 0.717) is 28.2 Å². The Bertz CT molecular complexity index is 1550. The van der Waals surface area contributed by atoms with Gasteiger partial charge in [-0.05, 0) is 43.6 Å². The summed E-state index contributed by atoms with van der Waals surface area (Å²) in [5.41, 5.74) is 1.75. The number of nitrogens with one attached hydrogen (secondary N) is 1. The zero-order valence-corrected chi connectivity index (χ0v) is 20.4. The van der Waals surface area contributed by atoms with E-state index in [0.717, 1.165) is 17.7 Å². The summed E-state index contributed by atoms with van der Waals surface area (Å²) in [5.74, 6) is -1.09. The highest BCUT2D eigenvalue weighted by Gasteiger charge is 2.20. The zero-order valence-electron chi connectivity index (χ0n) is 22.6. The number of rotatable bonds is 9. The molecule has 0 fully saturated rings. The average Bonchev–Trinajstić information content (AvgIpc) is 3.29. The van der Waals surface area contributed by atoms with Crippen molar-refractivity contribution in [1.82, 2.24) is 25.1 Å². The van der Waals surface area contributed by atoms with Gasteiger partial charge in [0.25, 0.3) is 0 Å². The lowest BCUT2D eigenvalue weighted by atomic mass is 10.0. The Balaban J connectivity index is 1.72. The molecule has 0 aliphatic heterocycles. The van der Waals surface area contributed by atoms with Crippen LogP contribution in [0.25, 0.3) is 22.3 Å². The van der Waals surface area contributed by atoms with Crippen LogP contribution in [0.1, 0.15) is 33.8 Å². The summed E-state index contributed by atoms with van der Waals surface area (Å²) in [6.45, 7) is -5.79. The number of ether oxygens (including phenoxy) is 2. The van der Waals surface area contributed by atoms with Gasteiger partial charge in [0, 0.05) is 33.4 Å². The number of hydrogen-bond donors (Lipinski definition) is 1. The molecule has 0 saturated carbocycles. The minimum atomic E-state index is -3.24. The third-order valence-electron chi connectivity index (χ3n) is 5.41. The Labute approximate surface area is 219 Å². The maximum Gasteiger partial charge on any atom is 0.345 e. The predicted molar refractivity (Wildman–Crippen MR) is 131 cm³/mol. The number of alkyl halides is 2. The van der Waals surface area contributed by atoms with Gasteiger partial charge in [0.1, 0.15) is 36.6 Å². The van der Waals surface area contributed by atoms with E-state index < -0.39 is 37.8 Å². The van der Waals surface area contributed by atoms with Gasteiger partial charge in [0.2, 0.25) is 5.91 Å². The second-order valence-corrected chi connectivity index (χ2v) is 8.39. The Morgan fingerprint density at radius 3 is 2.81 bits per heavy atom. The number of para-hydroxylation sites is 1. The molecule has 0 aliphatic carbocycles. The molecule has 4 rings (SSSR count). The molecule has 2 aromatic carbocycles. The van der Waals surface area contributed by atoms with Gasteiger partial charge in [-0.25, -0.2) is 19.0 Å². The smallest absolute Gasteiger partial charge is 0.345 e. The number of aryl methyl sites for hydroxylation is 2. The van der Waals surface area contributed by atoms with Gasteiger partial charge < -0.3 is 14.8 Å². The summed E-state index contributed by atoms with van der Waals surface area (Å²) in [7, 11) is 1.75. The minimum absolute atomic E-state index is 0.0671. The number of fused-ring (bicyclic) bond motifs is 1. The fourth-order valence-electron chi connectivity index (χ4n) is 3.79. The summed E-state index contributed by atoms with van der Waals surface area (Å²) < 4.78 is 74.5. The van der Waals surface area contributed by atoms with Crippen LogP contribution in [0.4, 0.5) is 13.2 Å². The molecule has 2 heterocycles. The summed E-state index contributed by atoms with van der Waals surface area (Å²) in [6, 6.07) is 7.13. The highest BCUT2D eigenvalue weighted by atomic mass is 35.5. The molecule has 0 radical (unpaired) electrons. The Kier molecular flexibility index (Phi) is 6.77. The fourth-order valence-corrected chi connectivity index (χ4v) is 4.06. The number of halogens is 4. The first-order valence-corrected chi connectivity index (χ1v) is 11.3. The lowest BCUT2D eigenvalue weighted by molar-refractivity contribution is -0.152. The SMILES string of the molecule is [2H]C([2H])([2H])[C@H](NC(=O)COC(F)F)c1cc(F)cc(Cl)c1COc1cccc2c(-c3ncnn3C)cc(C)nc12. The first kappa shape index (κ1) is 22.5. The van der Waals surface area contributed by atoms with Crippen molar-refractivity contribution in [3.63, 3.8) is 0 Å². The van der Waals surface area contributed by atoms with Crippen LogP contribution in [0.15, 0.2) is 42.7 Å². The summed E-state index contributed by atoms with van der Waals surface area (Å²) in [4.78, 5) is 21.1. The van der Waals surface area contributed by atoms with E-state index >= 15 is 0 Å². The second kappa shape index (κ2) is 11.1. The second-order valence-electron chi connectivity index (χ2n) is 7.99. The number of carbonyl (C=O) groups excluding carboxylic acids is 1. The summed E-state index contributed by atoms with van der Waals surface area (Å²) in [5, 5.41) is 6.78. The van der Waals surface area contributed by atoms with E-state index in [1.54, 1.807) is 30.8 Å². The molecule has 2 aromatic heterocycles. The fraction of sp³-hybridized carbons (Fsp3) is 0.280. The average molecular weight is 537 g/mol. The van der Waals surface area contributed by atoms with Crippen molar-refractivity contribution in [2.45, 2.75) is 33.0 Å². The first-order chi connectivity index (χ1) is 18.8. The van der Waals surface area contributed by atoms with E-state index in [1.165, 1.54) is 6.33 Å². The molecule has 1 N–H and O–H groups in total. The van der Waals surface area contributed by atoms with E-state index in [2.05, 4.69) is 25.1 Å². The van der Waals surface area contributed by atoms with Gasteiger partial charge in [-0.2, -0.15) is 13.9 Å². The van der Waals surface area contributed by atoms with Crippen LogP contribution in [-0.4, -0.2) is 38.9 Å². The van der Waals surface area contributed by atoms with E-state index in [-0.39, 0.29) is 22.8 Å². The number of nitrogens with zero attached hydrogens (tertiary/aromatic N) is 4. The quantitative estimate of drug-likeness (QED) is 0.319. The van der Waals surface area contributed by atoms with E-state index in [1.807, 2.05) is 12.1 Å². The standard InChI is InChI=1S/C25H23ClF3N5O3/c1-13-7-18(24-30-12-31-34(24)3)16-5-4-6-21(23(16)32-13)36-10-19-17(8-15(27)9-20(19)26)14(2)33-22(35)11-37-25(28)29/h4-9,12,14,25H,10-11H2,1-3H3,(H,33,35)/t14-/m0/s1/i2D3. The van der Waals surface area contributed by atoms with Crippen molar-refractivity contribution in [2.75, 3.05) is 6.61 Å². The Morgan fingerprint density at radius 1 is 1.30 bits per heavy atom. The molecule has 12 heteroatoms. The van der Waals surface area contributed by atoms with Gasteiger partial charge in [-0.1, -0.05) is 23.7 Å². The van der Waals surface area contributed by atoms with Gasteiger partial charge in [-0.3, -0.25) is 4.79 Å². The first-order valence-electron chi connectivity index (χ1n) is 12.4. The molecule has 194 valence electrons. The highest BCUT2D eigenvalue weighted by Crippen LogP contribution is 2.34. The predicted octanol–water partition coefficient (Wildman–Crippen LogP) is 5.13. The van der Waals surface area contributed by atoms with Crippen molar-refractivity contribution >= 4 is 28.4 Å². The van der Waals surface area contributed by atoms with Crippen molar-refractivity contribution in [1.29, 1.82) is 0 Å². The monoisotopic (exact) mass is 536 g/mol. The Morgan fingerprint density at radius 2 is 2.11 bits per heavy atom. The molecule has 0 spiro atoms. The normalized spacial score (nSPS) is 13.8. The molecule has 4 aromatic rings. The largest absolute Gasteiger partial charge is 0.487 e. The van der Waals surface area contributed by atoms with E-state index in [9.17, 15) is 18.0 Å². The van der Waals surface area contributed by atoms with Gasteiger partial charge in [0.05, 0.1) is 11.1 Å². The van der Waals surface area contributed by atoms with Crippen LogP contribution in [0.3, 0.4) is 0 Å². The van der Waals surface area contributed by atoms with Crippen molar-refractivity contribution < 1.29 is 31.6 Å². The molecule has 0 saturated heterocycles. The topological polar surface area (TPSA) is 91.2 Å². The molecule has 8 nitrogen and oxygen atoms in total. The third kappa shape index (κ3) is 6.00. The molecule has 1 amide bonds. The van der Waals surface area contributed by atoms with Crippen LogP contribution < -0.4 is 10.1 Å². The van der Waals surface area contributed by atoms with Crippen molar-refractivity contribution in [2.24, 2.45) is 7.05 Å². The maximum absolute atomic E-state index is 14.4. The van der Waals surface area contributed by atoms with Crippen molar-refractivity contribution in [3.8, 4) is 17.1 Å². The number of amides is 1.